The zero-order valence-electron chi connectivity index (χ0n) is 16.0. The van der Waals surface area contributed by atoms with Gasteiger partial charge in [-0.1, -0.05) is 0 Å². The van der Waals surface area contributed by atoms with Crippen molar-refractivity contribution in [2.24, 2.45) is 5.73 Å². The topological polar surface area (TPSA) is 111 Å². The first-order chi connectivity index (χ1) is 12.8. The number of aryl methyl sites for hydroxylation is 1. The van der Waals surface area contributed by atoms with E-state index in [1.54, 1.807) is 27.2 Å². The van der Waals surface area contributed by atoms with Gasteiger partial charge in [0.2, 0.25) is 17.7 Å². The van der Waals surface area contributed by atoms with Gasteiger partial charge in [-0.25, -0.2) is 0 Å². The van der Waals surface area contributed by atoms with Crippen molar-refractivity contribution in [3.63, 3.8) is 0 Å². The molecule has 1 aliphatic heterocycles. The molecule has 0 radical (unpaired) electrons. The maximum Gasteiger partial charge on any atom is 0.245 e. The Bertz CT molecular complexity index is 684. The highest BCUT2D eigenvalue weighted by Gasteiger charge is 2.35. The van der Waals surface area contributed by atoms with E-state index in [4.69, 9.17) is 15.2 Å². The summed E-state index contributed by atoms with van der Waals surface area (Å²) in [4.78, 5) is 37.6. The van der Waals surface area contributed by atoms with Crippen molar-refractivity contribution in [1.82, 2.24) is 10.2 Å². The molecule has 0 bridgehead atoms. The number of hydrogen-bond donors (Lipinski definition) is 2. The van der Waals surface area contributed by atoms with Crippen LogP contribution < -0.4 is 20.5 Å². The summed E-state index contributed by atoms with van der Waals surface area (Å²) in [5.41, 5.74) is 6.24. The average Bonchev–Trinajstić information content (AvgIpc) is 3.15. The van der Waals surface area contributed by atoms with Crippen molar-refractivity contribution < 1.29 is 23.9 Å². The van der Waals surface area contributed by atoms with E-state index in [0.717, 1.165) is 12.0 Å². The summed E-state index contributed by atoms with van der Waals surface area (Å²) in [7, 11) is 3.13. The Hall–Kier alpha value is -2.77. The minimum atomic E-state index is -0.711. The minimum absolute atomic E-state index is 0.215. The number of hydrogen-bond acceptors (Lipinski definition) is 5. The summed E-state index contributed by atoms with van der Waals surface area (Å²) in [5, 5.41) is 2.70. The lowest BCUT2D eigenvalue weighted by atomic mass is 10.1. The molecule has 148 valence electrons. The smallest absolute Gasteiger partial charge is 0.245 e. The molecule has 0 aliphatic carbocycles. The lowest BCUT2D eigenvalue weighted by Gasteiger charge is -2.25. The van der Waals surface area contributed by atoms with Crippen LogP contribution in [0.4, 0.5) is 0 Å². The van der Waals surface area contributed by atoms with E-state index in [1.807, 2.05) is 12.1 Å². The second kappa shape index (κ2) is 9.25. The van der Waals surface area contributed by atoms with Crippen LogP contribution in [0.25, 0.3) is 0 Å². The Morgan fingerprint density at radius 3 is 2.41 bits per heavy atom. The molecule has 27 heavy (non-hydrogen) atoms. The van der Waals surface area contributed by atoms with Gasteiger partial charge in [-0.15, -0.1) is 0 Å². The number of methoxy groups -OCH3 is 2. The van der Waals surface area contributed by atoms with Crippen LogP contribution in [-0.4, -0.2) is 55.5 Å². The van der Waals surface area contributed by atoms with Crippen molar-refractivity contribution in [1.29, 1.82) is 0 Å². The third-order valence-electron chi connectivity index (χ3n) is 4.66. The molecule has 1 aromatic carbocycles. The highest BCUT2D eigenvalue weighted by Crippen LogP contribution is 2.23. The monoisotopic (exact) mass is 377 g/mol. The lowest BCUT2D eigenvalue weighted by molar-refractivity contribution is -0.140. The summed E-state index contributed by atoms with van der Waals surface area (Å²) in [6, 6.07) is 4.14. The Kier molecular flexibility index (Phi) is 7.04. The van der Waals surface area contributed by atoms with Crippen LogP contribution >= 0.6 is 0 Å². The summed E-state index contributed by atoms with van der Waals surface area (Å²) in [6.07, 6.45) is 2.00. The SMILES string of the molecule is COc1cc(CCC(=O)NC(C)C(=O)N2CCC[C@H]2C(N)=O)cc(OC)c1. The van der Waals surface area contributed by atoms with E-state index in [1.165, 1.54) is 4.90 Å². The van der Waals surface area contributed by atoms with Crippen LogP contribution in [0, 0.1) is 0 Å². The quantitative estimate of drug-likeness (QED) is 0.690. The van der Waals surface area contributed by atoms with Gasteiger partial charge < -0.3 is 25.4 Å². The number of ether oxygens (including phenoxy) is 2. The Labute approximate surface area is 159 Å². The van der Waals surface area contributed by atoms with Gasteiger partial charge in [-0.05, 0) is 43.9 Å². The fourth-order valence-electron chi connectivity index (χ4n) is 3.22. The predicted molar refractivity (Wildman–Crippen MR) is 99.4 cm³/mol. The van der Waals surface area contributed by atoms with E-state index in [0.29, 0.717) is 30.9 Å². The van der Waals surface area contributed by atoms with Gasteiger partial charge in [-0.2, -0.15) is 0 Å². The number of primary amides is 1. The molecule has 1 saturated heterocycles. The molecular formula is C19H27N3O5. The number of nitrogens with zero attached hydrogens (tertiary/aromatic N) is 1. The molecule has 1 fully saturated rings. The standard InChI is InChI=1S/C19H27N3O5/c1-12(19(25)22-8-4-5-16(22)18(20)24)21-17(23)7-6-13-9-14(26-2)11-15(10-13)27-3/h9-12,16H,4-8H2,1-3H3,(H2,20,24)(H,21,23)/t12?,16-/m0/s1. The van der Waals surface area contributed by atoms with Crippen LogP contribution in [0.1, 0.15) is 31.7 Å². The molecule has 0 spiro atoms. The van der Waals surface area contributed by atoms with Crippen molar-refractivity contribution in [2.45, 2.75) is 44.7 Å². The highest BCUT2D eigenvalue weighted by molar-refractivity contribution is 5.91. The van der Waals surface area contributed by atoms with Crippen LogP contribution in [0.15, 0.2) is 18.2 Å². The van der Waals surface area contributed by atoms with Crippen molar-refractivity contribution in [2.75, 3.05) is 20.8 Å². The summed E-state index contributed by atoms with van der Waals surface area (Å²) >= 11 is 0. The number of nitrogens with two attached hydrogens (primary N) is 1. The van der Waals surface area contributed by atoms with Gasteiger partial charge in [0, 0.05) is 19.0 Å². The summed E-state index contributed by atoms with van der Waals surface area (Å²) in [5.74, 6) is 0.270. The number of nitrogens with one attached hydrogen (secondary N) is 1. The number of carbonyl (C=O) groups is 3. The maximum atomic E-state index is 12.5. The number of carbonyl (C=O) groups excluding carboxylic acids is 3. The molecule has 2 rings (SSSR count). The largest absolute Gasteiger partial charge is 0.497 e. The van der Waals surface area contributed by atoms with Crippen molar-refractivity contribution >= 4 is 17.7 Å². The predicted octanol–water partition coefficient (Wildman–Crippen LogP) is 0.617. The Morgan fingerprint density at radius 1 is 1.22 bits per heavy atom. The highest BCUT2D eigenvalue weighted by atomic mass is 16.5. The number of likely N-dealkylation sites (tertiary alicyclic amines) is 1. The molecule has 0 aromatic heterocycles. The van der Waals surface area contributed by atoms with Crippen LogP contribution in [0.5, 0.6) is 11.5 Å². The summed E-state index contributed by atoms with van der Waals surface area (Å²) in [6.45, 7) is 2.10. The molecule has 1 heterocycles. The summed E-state index contributed by atoms with van der Waals surface area (Å²) < 4.78 is 10.4. The lowest BCUT2D eigenvalue weighted by Crippen LogP contribution is -2.51. The zero-order valence-corrected chi connectivity index (χ0v) is 16.0. The second-order valence-electron chi connectivity index (χ2n) is 6.60. The van der Waals surface area contributed by atoms with E-state index < -0.39 is 18.0 Å². The van der Waals surface area contributed by atoms with E-state index in [2.05, 4.69) is 5.32 Å². The first-order valence-electron chi connectivity index (χ1n) is 8.96. The van der Waals surface area contributed by atoms with E-state index in [-0.39, 0.29) is 18.2 Å². The first kappa shape index (κ1) is 20.5. The average molecular weight is 377 g/mol. The van der Waals surface area contributed by atoms with Crippen LogP contribution in [0.2, 0.25) is 0 Å². The van der Waals surface area contributed by atoms with Gasteiger partial charge in [0.1, 0.15) is 23.6 Å². The molecule has 1 aromatic rings. The fourth-order valence-corrected chi connectivity index (χ4v) is 3.22. The number of benzene rings is 1. The first-order valence-corrected chi connectivity index (χ1v) is 8.96. The molecule has 8 heteroatoms. The molecule has 2 atom stereocenters. The van der Waals surface area contributed by atoms with Crippen molar-refractivity contribution in [3.05, 3.63) is 23.8 Å². The third-order valence-corrected chi connectivity index (χ3v) is 4.66. The second-order valence-corrected chi connectivity index (χ2v) is 6.60. The Morgan fingerprint density at radius 2 is 1.85 bits per heavy atom. The molecule has 8 nitrogen and oxygen atoms in total. The molecule has 3 N–H and O–H groups in total. The van der Waals surface area contributed by atoms with E-state index in [9.17, 15) is 14.4 Å². The van der Waals surface area contributed by atoms with Gasteiger partial charge in [0.15, 0.2) is 0 Å². The van der Waals surface area contributed by atoms with Gasteiger partial charge >= 0.3 is 0 Å². The molecule has 1 aliphatic rings. The number of rotatable bonds is 8. The van der Waals surface area contributed by atoms with Gasteiger partial charge in [0.25, 0.3) is 0 Å². The third kappa shape index (κ3) is 5.35. The Balaban J connectivity index is 1.90. The van der Waals surface area contributed by atoms with Gasteiger partial charge in [-0.3, -0.25) is 14.4 Å². The minimum Gasteiger partial charge on any atom is -0.497 e. The molecule has 3 amide bonds. The normalized spacial score (nSPS) is 17.3. The molecule has 1 unspecified atom stereocenters. The zero-order chi connectivity index (χ0) is 20.0. The molecular weight excluding hydrogens is 350 g/mol. The number of amides is 3. The molecule has 0 saturated carbocycles. The maximum absolute atomic E-state index is 12.5. The fraction of sp³-hybridized carbons (Fsp3) is 0.526. The van der Waals surface area contributed by atoms with Gasteiger partial charge in [0.05, 0.1) is 14.2 Å². The van der Waals surface area contributed by atoms with E-state index >= 15 is 0 Å². The van der Waals surface area contributed by atoms with Crippen LogP contribution in [-0.2, 0) is 20.8 Å². The van der Waals surface area contributed by atoms with Crippen molar-refractivity contribution in [3.8, 4) is 11.5 Å². The van der Waals surface area contributed by atoms with Crippen LogP contribution in [0.3, 0.4) is 0 Å².